The van der Waals surface area contributed by atoms with Gasteiger partial charge in [0.25, 0.3) is 0 Å². The maximum Gasteiger partial charge on any atom is 0.164 e. The highest BCUT2D eigenvalue weighted by Crippen LogP contribution is 2.53. The lowest BCUT2D eigenvalue weighted by Crippen LogP contribution is -2.21. The van der Waals surface area contributed by atoms with Crippen LogP contribution in [0.25, 0.3) is 0 Å². The Kier molecular flexibility index (Phi) is 2.80. The predicted molar refractivity (Wildman–Crippen MR) is 84.0 cm³/mol. The minimum absolute atomic E-state index is 0.152. The Morgan fingerprint density at radius 2 is 1.64 bits per heavy atom. The van der Waals surface area contributed by atoms with E-state index in [0.29, 0.717) is 6.42 Å². The molecule has 3 nitrogen and oxygen atoms in total. The van der Waals surface area contributed by atoms with Gasteiger partial charge < -0.3 is 9.47 Å². The van der Waals surface area contributed by atoms with Gasteiger partial charge in [-0.3, -0.25) is 4.79 Å². The third kappa shape index (κ3) is 1.65. The van der Waals surface area contributed by atoms with Crippen LogP contribution >= 0.6 is 0 Å². The lowest BCUT2D eigenvalue weighted by Gasteiger charge is -2.25. The van der Waals surface area contributed by atoms with Crippen molar-refractivity contribution in [2.75, 3.05) is 14.2 Å². The third-order valence-corrected chi connectivity index (χ3v) is 5.15. The first-order chi connectivity index (χ1) is 10.7. The molecule has 0 saturated heterocycles. The molecule has 22 heavy (non-hydrogen) atoms. The summed E-state index contributed by atoms with van der Waals surface area (Å²) in [6.07, 6.45) is 2.54. The van der Waals surface area contributed by atoms with Crippen LogP contribution in [-0.4, -0.2) is 20.0 Å². The van der Waals surface area contributed by atoms with Gasteiger partial charge in [0, 0.05) is 17.4 Å². The number of rotatable bonds is 2. The summed E-state index contributed by atoms with van der Waals surface area (Å²) in [5, 5.41) is 0. The molecule has 0 amide bonds. The Bertz CT molecular complexity index is 778. The van der Waals surface area contributed by atoms with Crippen molar-refractivity contribution >= 4 is 5.78 Å². The highest BCUT2D eigenvalue weighted by atomic mass is 16.5. The molecule has 0 bridgehead atoms. The van der Waals surface area contributed by atoms with E-state index in [0.717, 1.165) is 35.5 Å². The highest BCUT2D eigenvalue weighted by Gasteiger charge is 2.48. The van der Waals surface area contributed by atoms with Crippen molar-refractivity contribution < 1.29 is 14.3 Å². The van der Waals surface area contributed by atoms with Gasteiger partial charge in [-0.05, 0) is 53.8 Å². The molecule has 3 heteroatoms. The summed E-state index contributed by atoms with van der Waals surface area (Å²) >= 11 is 0. The van der Waals surface area contributed by atoms with Crippen molar-refractivity contribution in [3.8, 4) is 11.5 Å². The quantitative estimate of drug-likeness (QED) is 0.850. The molecule has 0 aromatic heterocycles. The smallest absolute Gasteiger partial charge is 0.164 e. The van der Waals surface area contributed by atoms with Crippen molar-refractivity contribution in [2.24, 2.45) is 0 Å². The second kappa shape index (κ2) is 4.60. The van der Waals surface area contributed by atoms with E-state index in [1.165, 1.54) is 11.1 Å². The molecule has 1 unspecified atom stereocenters. The van der Waals surface area contributed by atoms with E-state index in [4.69, 9.17) is 9.47 Å². The molecule has 0 saturated carbocycles. The number of methoxy groups -OCH3 is 2. The van der Waals surface area contributed by atoms with Crippen LogP contribution in [0.1, 0.15) is 39.9 Å². The molecule has 0 fully saturated rings. The minimum atomic E-state index is -0.152. The Morgan fingerprint density at radius 1 is 0.955 bits per heavy atom. The zero-order valence-corrected chi connectivity index (χ0v) is 12.8. The minimum Gasteiger partial charge on any atom is -0.497 e. The second-order valence-electron chi connectivity index (χ2n) is 6.12. The van der Waals surface area contributed by atoms with Crippen LogP contribution in [0.4, 0.5) is 0 Å². The number of hydrogen-bond donors (Lipinski definition) is 0. The van der Waals surface area contributed by atoms with Gasteiger partial charge in [0.2, 0.25) is 0 Å². The number of benzene rings is 2. The molecular formula is C19H18O3. The van der Waals surface area contributed by atoms with Crippen LogP contribution < -0.4 is 9.47 Å². The average molecular weight is 294 g/mol. The maximum absolute atomic E-state index is 12.5. The van der Waals surface area contributed by atoms with Crippen molar-refractivity contribution in [3.05, 3.63) is 58.7 Å². The number of ketones is 1. The number of aryl methyl sites for hydroxylation is 1. The zero-order chi connectivity index (χ0) is 15.3. The third-order valence-electron chi connectivity index (χ3n) is 5.15. The fourth-order valence-electron chi connectivity index (χ4n) is 4.08. The summed E-state index contributed by atoms with van der Waals surface area (Å²) in [6, 6.07) is 12.1. The highest BCUT2D eigenvalue weighted by molar-refractivity contribution is 6.03. The van der Waals surface area contributed by atoms with Crippen LogP contribution in [-0.2, 0) is 11.8 Å². The Morgan fingerprint density at radius 3 is 2.36 bits per heavy atom. The lowest BCUT2D eigenvalue weighted by molar-refractivity contribution is 0.0979. The van der Waals surface area contributed by atoms with E-state index in [1.54, 1.807) is 14.2 Å². The molecule has 2 aliphatic carbocycles. The van der Waals surface area contributed by atoms with Gasteiger partial charge in [0.1, 0.15) is 11.5 Å². The summed E-state index contributed by atoms with van der Waals surface area (Å²) in [7, 11) is 3.32. The number of hydrogen-bond acceptors (Lipinski definition) is 3. The fourth-order valence-corrected chi connectivity index (χ4v) is 4.08. The van der Waals surface area contributed by atoms with Crippen molar-refractivity contribution in [1.29, 1.82) is 0 Å². The van der Waals surface area contributed by atoms with Gasteiger partial charge in [-0.25, -0.2) is 0 Å². The van der Waals surface area contributed by atoms with Gasteiger partial charge in [-0.2, -0.15) is 0 Å². The number of carbonyl (C=O) groups excluding carboxylic acids is 1. The van der Waals surface area contributed by atoms with Crippen LogP contribution in [0.2, 0.25) is 0 Å². The van der Waals surface area contributed by atoms with Gasteiger partial charge >= 0.3 is 0 Å². The summed E-state index contributed by atoms with van der Waals surface area (Å²) < 4.78 is 10.6. The molecular weight excluding hydrogens is 276 g/mol. The molecule has 0 N–H and O–H groups in total. The summed E-state index contributed by atoms with van der Waals surface area (Å²) in [5.74, 6) is 1.85. The molecule has 2 aromatic rings. The van der Waals surface area contributed by atoms with Gasteiger partial charge in [0.15, 0.2) is 5.78 Å². The number of fused-ring (bicyclic) bond motifs is 4. The topological polar surface area (TPSA) is 35.5 Å². The molecule has 2 aromatic carbocycles. The maximum atomic E-state index is 12.5. The Balaban J connectivity index is 1.89. The van der Waals surface area contributed by atoms with Crippen LogP contribution in [0, 0.1) is 0 Å². The number of carbonyl (C=O) groups is 1. The Hall–Kier alpha value is -2.29. The fraction of sp³-hybridized carbons (Fsp3) is 0.316. The molecule has 0 aliphatic heterocycles. The largest absolute Gasteiger partial charge is 0.497 e. The monoisotopic (exact) mass is 294 g/mol. The molecule has 1 atom stereocenters. The Labute approximate surface area is 129 Å². The van der Waals surface area contributed by atoms with E-state index >= 15 is 0 Å². The standard InChI is InChI=1S/C19H18O3/c1-21-13-3-5-16-12(9-13)7-8-19(16)11-18(20)15-10-14(22-2)4-6-17(15)19/h3-6,9-10H,7-8,11H2,1-2H3. The van der Waals surface area contributed by atoms with Crippen LogP contribution in [0.15, 0.2) is 36.4 Å². The first-order valence-corrected chi connectivity index (χ1v) is 7.57. The van der Waals surface area contributed by atoms with E-state index in [-0.39, 0.29) is 11.2 Å². The summed E-state index contributed by atoms with van der Waals surface area (Å²) in [5.41, 5.74) is 4.41. The molecule has 1 spiro atoms. The summed E-state index contributed by atoms with van der Waals surface area (Å²) in [4.78, 5) is 12.5. The van der Waals surface area contributed by atoms with E-state index in [9.17, 15) is 4.79 Å². The van der Waals surface area contributed by atoms with Crippen molar-refractivity contribution in [1.82, 2.24) is 0 Å². The van der Waals surface area contributed by atoms with Crippen LogP contribution in [0.5, 0.6) is 11.5 Å². The van der Waals surface area contributed by atoms with Crippen molar-refractivity contribution in [3.63, 3.8) is 0 Å². The molecule has 2 aliphatic rings. The lowest BCUT2D eigenvalue weighted by atomic mass is 9.76. The average Bonchev–Trinajstić information content (AvgIpc) is 3.06. The summed E-state index contributed by atoms with van der Waals surface area (Å²) in [6.45, 7) is 0. The number of Topliss-reactive ketones (excluding diaryl/α,β-unsaturated/α-hetero) is 1. The first kappa shape index (κ1) is 13.4. The SMILES string of the molecule is COc1ccc2c(c1)CCC21CC(=O)c2cc(OC)ccc21. The van der Waals surface area contributed by atoms with Gasteiger partial charge in [-0.1, -0.05) is 12.1 Å². The zero-order valence-electron chi connectivity index (χ0n) is 12.8. The predicted octanol–water partition coefficient (Wildman–Crippen LogP) is 3.52. The molecule has 112 valence electrons. The molecule has 0 heterocycles. The van der Waals surface area contributed by atoms with Gasteiger partial charge in [-0.15, -0.1) is 0 Å². The molecule has 0 radical (unpaired) electrons. The van der Waals surface area contributed by atoms with E-state index in [2.05, 4.69) is 18.2 Å². The number of ether oxygens (including phenoxy) is 2. The van der Waals surface area contributed by atoms with Crippen LogP contribution in [0.3, 0.4) is 0 Å². The van der Waals surface area contributed by atoms with E-state index in [1.807, 2.05) is 18.2 Å². The molecule has 4 rings (SSSR count). The van der Waals surface area contributed by atoms with E-state index < -0.39 is 0 Å². The van der Waals surface area contributed by atoms with Gasteiger partial charge in [0.05, 0.1) is 14.2 Å². The second-order valence-corrected chi connectivity index (χ2v) is 6.12. The normalized spacial score (nSPS) is 21.8. The van der Waals surface area contributed by atoms with Crippen molar-refractivity contribution in [2.45, 2.75) is 24.7 Å². The first-order valence-electron chi connectivity index (χ1n) is 7.57.